The molecule has 4 saturated heterocycles. The summed E-state index contributed by atoms with van der Waals surface area (Å²) < 4.78 is 50.3. The van der Waals surface area contributed by atoms with Gasteiger partial charge in [0.25, 0.3) is 5.88 Å². The minimum absolute atomic E-state index is 0.0447. The molecule has 2 aromatic carbocycles. The average molecular weight is 734 g/mol. The van der Waals surface area contributed by atoms with E-state index in [4.69, 9.17) is 30.4 Å². The number of anilines is 1. The molecular weight excluding hydrogens is 689 g/mol. The third-order valence-corrected chi connectivity index (χ3v) is 12.4. The van der Waals surface area contributed by atoms with Crippen molar-refractivity contribution in [3.05, 3.63) is 65.6 Å². The van der Waals surface area contributed by atoms with Gasteiger partial charge in [-0.1, -0.05) is 51.0 Å². The van der Waals surface area contributed by atoms with Gasteiger partial charge in [0, 0.05) is 60.3 Å². The third kappa shape index (κ3) is 6.02. The lowest BCUT2D eigenvalue weighted by Gasteiger charge is -2.35. The average Bonchev–Trinajstić information content (AvgIpc) is 3.97. The van der Waals surface area contributed by atoms with Gasteiger partial charge in [0.15, 0.2) is 5.82 Å². The summed E-state index contributed by atoms with van der Waals surface area (Å²) in [5, 5.41) is 9.48. The van der Waals surface area contributed by atoms with E-state index in [0.29, 0.717) is 64.6 Å². The van der Waals surface area contributed by atoms with Crippen LogP contribution in [0.3, 0.4) is 0 Å². The molecule has 0 spiro atoms. The van der Waals surface area contributed by atoms with Gasteiger partial charge in [-0.3, -0.25) is 9.88 Å². The largest absolute Gasteiger partial charge is 0.474 e. The summed E-state index contributed by atoms with van der Waals surface area (Å²) in [7, 11) is 0. The van der Waals surface area contributed by atoms with E-state index < -0.39 is 11.6 Å². The number of rotatable bonds is 10. The number of hydrogen-bond acceptors (Lipinski definition) is 10. The summed E-state index contributed by atoms with van der Waals surface area (Å²) in [6.45, 7) is 9.75. The molecule has 0 radical (unpaired) electrons. The van der Waals surface area contributed by atoms with E-state index in [1.807, 2.05) is 12.1 Å². The number of nitrogens with one attached hydrogen (secondary N) is 1. The lowest BCUT2D eigenvalue weighted by molar-refractivity contribution is 0.0672. The molecule has 0 aliphatic carbocycles. The number of pyridine rings is 1. The first-order valence-corrected chi connectivity index (χ1v) is 19.3. The highest BCUT2D eigenvalue weighted by molar-refractivity contribution is 6.02. The zero-order valence-corrected chi connectivity index (χ0v) is 30.9. The molecule has 10 nitrogen and oxygen atoms in total. The topological polar surface area (TPSA) is 102 Å². The Morgan fingerprint density at radius 3 is 2.69 bits per heavy atom. The van der Waals surface area contributed by atoms with Gasteiger partial charge in [0.05, 0.1) is 16.5 Å². The van der Waals surface area contributed by atoms with Crippen LogP contribution in [0.15, 0.2) is 47.1 Å². The highest BCUT2D eigenvalue weighted by Crippen LogP contribution is 2.44. The van der Waals surface area contributed by atoms with Crippen molar-refractivity contribution in [2.45, 2.75) is 88.9 Å². The number of terminal acetylenes is 1. The van der Waals surface area contributed by atoms with Crippen LogP contribution in [0.1, 0.15) is 76.5 Å². The Balaban J connectivity index is 1.03. The van der Waals surface area contributed by atoms with Crippen LogP contribution in [0.25, 0.3) is 32.9 Å². The van der Waals surface area contributed by atoms with Gasteiger partial charge in [-0.15, -0.1) is 6.42 Å². The van der Waals surface area contributed by atoms with Crippen molar-refractivity contribution in [1.82, 2.24) is 30.3 Å². The third-order valence-electron chi connectivity index (χ3n) is 12.4. The van der Waals surface area contributed by atoms with Crippen LogP contribution in [0.4, 0.5) is 14.6 Å². The Hall–Kier alpha value is -4.86. The predicted molar refractivity (Wildman–Crippen MR) is 203 cm³/mol. The molecule has 4 aliphatic heterocycles. The van der Waals surface area contributed by atoms with E-state index in [9.17, 15) is 4.39 Å². The number of ether oxygens (including phenoxy) is 2. The minimum atomic E-state index is -0.628. The lowest BCUT2D eigenvalue weighted by Crippen LogP contribution is -2.51. The Labute approximate surface area is 313 Å². The molecule has 5 atom stereocenters. The number of fused-ring (bicyclic) bond motifs is 5. The fourth-order valence-corrected chi connectivity index (χ4v) is 9.23. The predicted octanol–water partition coefficient (Wildman–Crippen LogP) is 7.25. The zero-order chi connectivity index (χ0) is 37.1. The fourth-order valence-electron chi connectivity index (χ4n) is 9.23. The molecule has 12 heteroatoms. The van der Waals surface area contributed by atoms with Crippen molar-refractivity contribution in [2.24, 2.45) is 5.92 Å². The number of aromatic nitrogens is 4. The summed E-state index contributed by atoms with van der Waals surface area (Å²) in [4.78, 5) is 19.1. The van der Waals surface area contributed by atoms with E-state index in [-0.39, 0.29) is 40.3 Å². The van der Waals surface area contributed by atoms with Gasteiger partial charge in [0.2, 0.25) is 0 Å². The zero-order valence-electron chi connectivity index (χ0n) is 30.9. The highest BCUT2D eigenvalue weighted by Gasteiger charge is 2.50. The fraction of sp³-hybridized carbons (Fsp3) is 0.476. The van der Waals surface area contributed by atoms with Crippen molar-refractivity contribution < 1.29 is 22.8 Å². The van der Waals surface area contributed by atoms with Crippen molar-refractivity contribution in [2.75, 3.05) is 37.7 Å². The lowest BCUT2D eigenvalue weighted by atomic mass is 9.95. The quantitative estimate of drug-likeness (QED) is 0.148. The van der Waals surface area contributed by atoms with Crippen molar-refractivity contribution >= 4 is 27.5 Å². The number of nitrogens with zero attached hydrogens (tertiary/aromatic N) is 6. The summed E-state index contributed by atoms with van der Waals surface area (Å²) in [5.74, 6) is 3.95. The maximum Gasteiger partial charge on any atom is 0.319 e. The summed E-state index contributed by atoms with van der Waals surface area (Å²) in [6.07, 6.45) is 13.5. The number of piperazine rings is 1. The SMILES string of the molecule is C#Cc1c(F)ccc2cccc(-c3ncc4c(N5CC6CCC(C5)N6)nc(OC[C@]56CCCN5[C@H](COc5cc(C(C)C(C)C)on5)CC6)nc4c3F)c12. The minimum Gasteiger partial charge on any atom is -0.474 e. The van der Waals surface area contributed by atoms with Crippen LogP contribution in [-0.4, -0.2) is 81.5 Å². The van der Waals surface area contributed by atoms with E-state index in [1.54, 1.807) is 24.4 Å². The van der Waals surface area contributed by atoms with Crippen molar-refractivity contribution in [1.29, 1.82) is 0 Å². The Morgan fingerprint density at radius 1 is 1.06 bits per heavy atom. The first kappa shape index (κ1) is 34.9. The van der Waals surface area contributed by atoms with Crippen molar-refractivity contribution in [3.8, 4) is 35.5 Å². The normalized spacial score (nSPS) is 24.4. The van der Waals surface area contributed by atoms with Gasteiger partial charge >= 0.3 is 6.01 Å². The Kier molecular flexibility index (Phi) is 8.89. The molecule has 3 unspecified atom stereocenters. The van der Waals surface area contributed by atoms with Crippen LogP contribution >= 0.6 is 0 Å². The molecule has 280 valence electrons. The molecule has 9 rings (SSSR count). The molecule has 5 aromatic rings. The molecule has 1 N–H and O–H groups in total. The summed E-state index contributed by atoms with van der Waals surface area (Å²) in [6, 6.07) is 11.2. The second kappa shape index (κ2) is 13.8. The van der Waals surface area contributed by atoms with E-state index >= 15 is 4.39 Å². The molecule has 4 aliphatic rings. The number of hydrogen-bond donors (Lipinski definition) is 1. The summed E-state index contributed by atoms with van der Waals surface area (Å²) in [5.41, 5.74) is 0.419. The number of halogens is 2. The van der Waals surface area contributed by atoms with Gasteiger partial charge in [-0.05, 0) is 67.6 Å². The molecule has 2 bridgehead atoms. The Morgan fingerprint density at radius 2 is 1.89 bits per heavy atom. The molecule has 0 amide bonds. The first-order chi connectivity index (χ1) is 26.2. The van der Waals surface area contributed by atoms with Crippen LogP contribution in [0.5, 0.6) is 11.9 Å². The second-order valence-electron chi connectivity index (χ2n) is 15.9. The van der Waals surface area contributed by atoms with Gasteiger partial charge in [-0.25, -0.2) is 8.78 Å². The second-order valence-corrected chi connectivity index (χ2v) is 15.9. The maximum atomic E-state index is 17.0. The summed E-state index contributed by atoms with van der Waals surface area (Å²) >= 11 is 0. The molecule has 0 saturated carbocycles. The Bertz CT molecular complexity index is 2260. The van der Waals surface area contributed by atoms with Gasteiger partial charge < -0.3 is 24.2 Å². The molecule has 4 fully saturated rings. The van der Waals surface area contributed by atoms with Crippen molar-refractivity contribution in [3.63, 3.8) is 0 Å². The number of benzene rings is 2. The van der Waals surface area contributed by atoms with E-state index in [2.05, 4.69) is 51.9 Å². The van der Waals surface area contributed by atoms with Gasteiger partial charge in [-0.2, -0.15) is 9.97 Å². The maximum absolute atomic E-state index is 17.0. The van der Waals surface area contributed by atoms with E-state index in [1.165, 1.54) is 6.07 Å². The first-order valence-electron chi connectivity index (χ1n) is 19.3. The molecular formula is C42H45F2N7O3. The standard InChI is InChI=1S/C42H45F2N7O3/c1-5-30-33(43)13-10-26-8-6-9-31(36(26)30)38-37(44)39-32(19-45-38)40(50-20-27-11-12-28(21-50)46-27)48-41(47-39)53-23-42-15-7-17-51(42)29(14-16-42)22-52-35-18-34(54-49-35)25(4)24(2)3/h1,6,8-10,13,18-19,24-25,27-29,46H,7,11-12,14-17,20-23H2,2-4H3/t25?,27?,28?,29-,42+/m0/s1. The van der Waals surface area contributed by atoms with Crippen LogP contribution in [0, 0.1) is 29.9 Å². The molecule has 54 heavy (non-hydrogen) atoms. The van der Waals surface area contributed by atoms with Crippen LogP contribution in [0.2, 0.25) is 0 Å². The molecule has 7 heterocycles. The monoisotopic (exact) mass is 733 g/mol. The smallest absolute Gasteiger partial charge is 0.319 e. The van der Waals surface area contributed by atoms with E-state index in [0.717, 1.165) is 63.9 Å². The van der Waals surface area contributed by atoms with Gasteiger partial charge in [0.1, 0.15) is 41.8 Å². The molecule has 3 aromatic heterocycles. The van der Waals surface area contributed by atoms with Crippen LogP contribution in [-0.2, 0) is 0 Å². The van der Waals surface area contributed by atoms with Crippen LogP contribution < -0.4 is 19.7 Å². The highest BCUT2D eigenvalue weighted by atomic mass is 19.1.